The molecule has 0 aliphatic heterocycles. The van der Waals surface area contributed by atoms with Gasteiger partial charge in [-0.25, -0.2) is 0 Å². The van der Waals surface area contributed by atoms with Gasteiger partial charge in [-0.15, -0.1) is 11.3 Å². The maximum atomic E-state index is 12.0. The van der Waals surface area contributed by atoms with Crippen molar-refractivity contribution in [2.45, 2.75) is 19.3 Å². The number of ether oxygens (including phenoxy) is 1. The summed E-state index contributed by atoms with van der Waals surface area (Å²) >= 11 is 12.8. The summed E-state index contributed by atoms with van der Waals surface area (Å²) < 4.78 is 41.3. The van der Waals surface area contributed by atoms with Crippen LogP contribution in [0.1, 0.15) is 21.5 Å². The molecule has 0 spiro atoms. The molecule has 0 saturated carbocycles. The van der Waals surface area contributed by atoms with Crippen molar-refractivity contribution in [3.8, 4) is 0 Å². The molecule has 130 valence electrons. The van der Waals surface area contributed by atoms with E-state index < -0.39 is 12.8 Å². The highest BCUT2D eigenvalue weighted by molar-refractivity contribution is 7.20. The van der Waals surface area contributed by atoms with Crippen molar-refractivity contribution in [1.29, 1.82) is 0 Å². The molecule has 24 heavy (non-hydrogen) atoms. The first-order valence-electron chi connectivity index (χ1n) is 6.70. The van der Waals surface area contributed by atoms with Gasteiger partial charge in [0, 0.05) is 6.54 Å². The number of hydrogen-bond donors (Lipinski definition) is 1. The first-order valence-corrected chi connectivity index (χ1v) is 8.27. The van der Waals surface area contributed by atoms with E-state index in [-0.39, 0.29) is 19.1 Å². The molecule has 2 rings (SSSR count). The third-order valence-corrected chi connectivity index (χ3v) is 4.40. The van der Waals surface area contributed by atoms with Crippen LogP contribution in [0.15, 0.2) is 30.3 Å². The van der Waals surface area contributed by atoms with Gasteiger partial charge in [-0.2, -0.15) is 13.2 Å². The van der Waals surface area contributed by atoms with E-state index in [1.54, 1.807) is 24.3 Å². The van der Waals surface area contributed by atoms with Crippen molar-refractivity contribution < 1.29 is 22.7 Å². The Kier molecular flexibility index (Phi) is 6.51. The van der Waals surface area contributed by atoms with E-state index in [4.69, 9.17) is 23.2 Å². The zero-order valence-corrected chi connectivity index (χ0v) is 14.5. The first kappa shape index (κ1) is 19.1. The Morgan fingerprint density at radius 2 is 1.79 bits per heavy atom. The lowest BCUT2D eigenvalue weighted by molar-refractivity contribution is -0.176. The van der Waals surface area contributed by atoms with E-state index in [0.717, 1.165) is 16.9 Å². The number of nitrogens with one attached hydrogen (secondary N) is 1. The fraction of sp³-hybridized carbons (Fsp3) is 0.267. The highest BCUT2D eigenvalue weighted by Gasteiger charge is 2.27. The van der Waals surface area contributed by atoms with Gasteiger partial charge in [0.1, 0.15) is 10.9 Å². The molecule has 3 nitrogen and oxygen atoms in total. The fourth-order valence-corrected chi connectivity index (χ4v) is 3.27. The van der Waals surface area contributed by atoms with Gasteiger partial charge < -0.3 is 10.1 Å². The Morgan fingerprint density at radius 1 is 1.17 bits per heavy atom. The molecule has 1 heterocycles. The average molecular weight is 398 g/mol. The third kappa shape index (κ3) is 5.98. The number of benzene rings is 1. The molecule has 0 aliphatic rings. The minimum Gasteiger partial charge on any atom is -0.367 e. The van der Waals surface area contributed by atoms with E-state index >= 15 is 0 Å². The predicted octanol–water partition coefficient (Wildman–Crippen LogP) is 5.06. The van der Waals surface area contributed by atoms with Crippen molar-refractivity contribution in [2.24, 2.45) is 0 Å². The van der Waals surface area contributed by atoms with Crippen LogP contribution in [0.2, 0.25) is 8.67 Å². The molecule has 0 unspecified atom stereocenters. The van der Waals surface area contributed by atoms with Gasteiger partial charge in [-0.3, -0.25) is 4.79 Å². The molecule has 9 heteroatoms. The summed E-state index contributed by atoms with van der Waals surface area (Å²) in [5, 5.41) is 2.70. The predicted molar refractivity (Wildman–Crippen MR) is 87.7 cm³/mol. The number of carbonyl (C=O) groups excluding carboxylic acids is 1. The van der Waals surface area contributed by atoms with Gasteiger partial charge in [0.2, 0.25) is 0 Å². The van der Waals surface area contributed by atoms with Crippen molar-refractivity contribution >= 4 is 40.4 Å². The monoisotopic (exact) mass is 397 g/mol. The second-order valence-corrected chi connectivity index (χ2v) is 7.13. The smallest absolute Gasteiger partial charge is 0.367 e. The van der Waals surface area contributed by atoms with Crippen LogP contribution in [0.3, 0.4) is 0 Å². The molecular weight excluding hydrogens is 386 g/mol. The highest BCUT2D eigenvalue weighted by Crippen LogP contribution is 2.31. The summed E-state index contributed by atoms with van der Waals surface area (Å²) in [7, 11) is 0. The van der Waals surface area contributed by atoms with Crippen molar-refractivity contribution in [3.05, 3.63) is 55.7 Å². The van der Waals surface area contributed by atoms with Crippen molar-refractivity contribution in [1.82, 2.24) is 5.32 Å². The molecule has 0 radical (unpaired) electrons. The molecule has 0 bridgehead atoms. The zero-order chi connectivity index (χ0) is 17.7. The number of amides is 1. The molecule has 1 amide bonds. The SMILES string of the molecule is O=C(NCc1ccc(COCC(F)(F)F)cc1)c1cc(Cl)sc1Cl. The van der Waals surface area contributed by atoms with Gasteiger partial charge >= 0.3 is 6.18 Å². The summed E-state index contributed by atoms with van der Waals surface area (Å²) in [5.74, 6) is -0.347. The summed E-state index contributed by atoms with van der Waals surface area (Å²) in [6, 6.07) is 8.19. The standard InChI is InChI=1S/C15H12Cl2F3NO2S/c16-12-5-11(13(17)24-12)14(22)21-6-9-1-3-10(4-2-9)7-23-8-15(18,19)20/h1-5H,6-8H2,(H,21,22). The van der Waals surface area contributed by atoms with Gasteiger partial charge in [0.15, 0.2) is 0 Å². The van der Waals surface area contributed by atoms with E-state index in [2.05, 4.69) is 10.1 Å². The average Bonchev–Trinajstić information content (AvgIpc) is 2.83. The molecule has 2 aromatic rings. The van der Waals surface area contributed by atoms with Crippen LogP contribution in [0.4, 0.5) is 13.2 Å². The summed E-state index contributed by atoms with van der Waals surface area (Å²) in [4.78, 5) is 12.0. The van der Waals surface area contributed by atoms with Gasteiger partial charge in [0.25, 0.3) is 5.91 Å². The normalized spacial score (nSPS) is 11.5. The lowest BCUT2D eigenvalue weighted by atomic mass is 10.1. The number of alkyl halides is 3. The van der Waals surface area contributed by atoms with Crippen LogP contribution in [-0.4, -0.2) is 18.7 Å². The molecule has 1 N–H and O–H groups in total. The Balaban J connectivity index is 1.83. The number of rotatable bonds is 6. The molecule has 0 saturated heterocycles. The van der Waals surface area contributed by atoms with Crippen LogP contribution >= 0.6 is 34.5 Å². The summed E-state index contributed by atoms with van der Waals surface area (Å²) in [6.07, 6.45) is -4.34. The van der Waals surface area contributed by atoms with Gasteiger partial charge in [0.05, 0.1) is 16.5 Å². The minimum atomic E-state index is -4.34. The molecule has 0 atom stereocenters. The second-order valence-electron chi connectivity index (χ2n) is 4.85. The number of halogens is 5. The Bertz CT molecular complexity index is 702. The molecule has 1 aromatic carbocycles. The van der Waals surface area contributed by atoms with E-state index in [9.17, 15) is 18.0 Å². The summed E-state index contributed by atoms with van der Waals surface area (Å²) in [6.45, 7) is -1.16. The lowest BCUT2D eigenvalue weighted by Crippen LogP contribution is -2.22. The molecular formula is C15H12Cl2F3NO2S. The Hall–Kier alpha value is -1.28. The van der Waals surface area contributed by atoms with Gasteiger partial charge in [-0.05, 0) is 17.2 Å². The molecule has 0 fully saturated rings. The molecule has 1 aromatic heterocycles. The van der Waals surface area contributed by atoms with E-state index in [0.29, 0.717) is 19.8 Å². The minimum absolute atomic E-state index is 0.130. The second kappa shape index (κ2) is 8.20. The maximum absolute atomic E-state index is 12.0. The Labute approximate surface area is 150 Å². The van der Waals surface area contributed by atoms with Crippen LogP contribution in [0.25, 0.3) is 0 Å². The zero-order valence-electron chi connectivity index (χ0n) is 12.1. The van der Waals surface area contributed by atoms with Crippen molar-refractivity contribution in [2.75, 3.05) is 6.61 Å². The van der Waals surface area contributed by atoms with E-state index in [1.165, 1.54) is 6.07 Å². The Morgan fingerprint density at radius 3 is 2.33 bits per heavy atom. The third-order valence-electron chi connectivity index (χ3n) is 2.91. The van der Waals surface area contributed by atoms with Gasteiger partial charge in [-0.1, -0.05) is 47.5 Å². The van der Waals surface area contributed by atoms with Crippen LogP contribution in [0, 0.1) is 0 Å². The highest BCUT2D eigenvalue weighted by atomic mass is 35.5. The lowest BCUT2D eigenvalue weighted by Gasteiger charge is -2.09. The van der Waals surface area contributed by atoms with Crippen molar-refractivity contribution in [3.63, 3.8) is 0 Å². The quantitative estimate of drug-likeness (QED) is 0.739. The number of hydrogen-bond acceptors (Lipinski definition) is 3. The van der Waals surface area contributed by atoms with Crippen LogP contribution < -0.4 is 5.32 Å². The number of carbonyl (C=O) groups is 1. The number of thiophene rings is 1. The van der Waals surface area contributed by atoms with Crippen LogP contribution in [0.5, 0.6) is 0 Å². The molecule has 0 aliphatic carbocycles. The van der Waals surface area contributed by atoms with E-state index in [1.807, 2.05) is 0 Å². The largest absolute Gasteiger partial charge is 0.411 e. The fourth-order valence-electron chi connectivity index (χ4n) is 1.81. The first-order chi connectivity index (χ1) is 11.2. The topological polar surface area (TPSA) is 38.3 Å². The van der Waals surface area contributed by atoms with Crippen LogP contribution in [-0.2, 0) is 17.9 Å². The summed E-state index contributed by atoms with van der Waals surface area (Å²) in [5.41, 5.74) is 1.71. The maximum Gasteiger partial charge on any atom is 0.411 e.